The molecule has 0 aliphatic rings. The first-order chi connectivity index (χ1) is 12.0. The molecular weight excluding hydrogens is 343 g/mol. The van der Waals surface area contributed by atoms with Crippen LogP contribution in [0.15, 0.2) is 29.1 Å². The number of hydrogen-bond acceptors (Lipinski definition) is 5. The number of nitrogens with zero attached hydrogens (tertiary/aromatic N) is 3. The molecule has 6 nitrogen and oxygen atoms in total. The first kappa shape index (κ1) is 17.2. The Balaban J connectivity index is 2.12. The Morgan fingerprint density at radius 1 is 1.32 bits per heavy atom. The molecule has 0 saturated heterocycles. The molecule has 25 heavy (non-hydrogen) atoms. The van der Waals surface area contributed by atoms with Crippen molar-refractivity contribution in [1.29, 1.82) is 0 Å². The van der Waals surface area contributed by atoms with E-state index in [1.165, 1.54) is 23.5 Å². The number of benzene rings is 1. The van der Waals surface area contributed by atoms with E-state index in [1.807, 2.05) is 6.92 Å². The first-order valence-electron chi connectivity index (χ1n) is 7.90. The molecule has 0 fully saturated rings. The van der Waals surface area contributed by atoms with Crippen molar-refractivity contribution in [3.8, 4) is 11.3 Å². The van der Waals surface area contributed by atoms with E-state index in [-0.39, 0.29) is 23.8 Å². The van der Waals surface area contributed by atoms with Gasteiger partial charge in [0, 0.05) is 12.1 Å². The minimum Gasteiger partial charge on any atom is -0.355 e. The number of hydrogen-bond donors (Lipinski definition) is 1. The van der Waals surface area contributed by atoms with E-state index in [0.717, 1.165) is 16.1 Å². The molecule has 8 heteroatoms. The molecule has 0 bridgehead atoms. The van der Waals surface area contributed by atoms with Crippen molar-refractivity contribution >= 4 is 27.5 Å². The van der Waals surface area contributed by atoms with Crippen LogP contribution in [-0.4, -0.2) is 27.2 Å². The fraction of sp³-hybridized carbons (Fsp3) is 0.294. The molecular formula is C17H17FN4O2S. The van der Waals surface area contributed by atoms with Crippen molar-refractivity contribution in [2.75, 3.05) is 6.54 Å². The van der Waals surface area contributed by atoms with E-state index < -0.39 is 5.56 Å². The van der Waals surface area contributed by atoms with Crippen molar-refractivity contribution < 1.29 is 9.18 Å². The Labute approximate surface area is 147 Å². The molecule has 3 aromatic rings. The molecule has 0 aliphatic carbocycles. The van der Waals surface area contributed by atoms with Gasteiger partial charge >= 0.3 is 0 Å². The molecule has 1 amide bonds. The second-order valence-electron chi connectivity index (χ2n) is 5.58. The number of carbonyl (C=O) groups excluding carboxylic acids is 1. The second-order valence-corrected chi connectivity index (χ2v) is 6.78. The van der Waals surface area contributed by atoms with Gasteiger partial charge in [-0.25, -0.2) is 14.1 Å². The van der Waals surface area contributed by atoms with Crippen molar-refractivity contribution in [2.24, 2.45) is 0 Å². The highest BCUT2D eigenvalue weighted by molar-refractivity contribution is 7.19. The average Bonchev–Trinajstić information content (AvgIpc) is 2.98. The summed E-state index contributed by atoms with van der Waals surface area (Å²) in [5.74, 6) is -0.638. The lowest BCUT2D eigenvalue weighted by molar-refractivity contribution is -0.121. The van der Waals surface area contributed by atoms with Gasteiger partial charge in [-0.05, 0) is 37.6 Å². The van der Waals surface area contributed by atoms with Crippen LogP contribution < -0.4 is 10.9 Å². The van der Waals surface area contributed by atoms with Crippen LogP contribution in [-0.2, 0) is 11.3 Å². The minimum atomic E-state index is -0.406. The van der Waals surface area contributed by atoms with Crippen LogP contribution in [0, 0.1) is 12.7 Å². The number of aromatic nitrogens is 3. The Hall–Kier alpha value is -2.61. The molecule has 2 heterocycles. The predicted octanol–water partition coefficient (Wildman–Crippen LogP) is 2.49. The number of nitrogens with one attached hydrogen (secondary N) is 1. The van der Waals surface area contributed by atoms with Gasteiger partial charge in [0.2, 0.25) is 5.91 Å². The smallest absolute Gasteiger partial charge is 0.294 e. The fourth-order valence-corrected chi connectivity index (χ4v) is 3.34. The summed E-state index contributed by atoms with van der Waals surface area (Å²) < 4.78 is 15.0. The molecule has 0 radical (unpaired) electrons. The van der Waals surface area contributed by atoms with Gasteiger partial charge in [-0.1, -0.05) is 6.92 Å². The van der Waals surface area contributed by atoms with Gasteiger partial charge < -0.3 is 5.32 Å². The van der Waals surface area contributed by atoms with Gasteiger partial charge in [0.25, 0.3) is 5.56 Å². The van der Waals surface area contributed by atoms with E-state index in [0.29, 0.717) is 22.5 Å². The summed E-state index contributed by atoms with van der Waals surface area (Å²) in [6.07, 6.45) is 0.805. The Kier molecular flexibility index (Phi) is 4.89. The highest BCUT2D eigenvalue weighted by Crippen LogP contribution is 2.29. The van der Waals surface area contributed by atoms with Gasteiger partial charge in [0.05, 0.1) is 9.71 Å². The maximum atomic E-state index is 13.2. The van der Waals surface area contributed by atoms with Gasteiger partial charge in [-0.2, -0.15) is 5.10 Å². The van der Waals surface area contributed by atoms with Crippen LogP contribution in [0.4, 0.5) is 4.39 Å². The molecule has 0 atom stereocenters. The third-order valence-electron chi connectivity index (χ3n) is 3.59. The summed E-state index contributed by atoms with van der Waals surface area (Å²) >= 11 is 1.35. The van der Waals surface area contributed by atoms with Crippen LogP contribution in [0.3, 0.4) is 0 Å². The molecule has 0 saturated carbocycles. The molecule has 0 aliphatic heterocycles. The number of halogens is 1. The number of fused-ring (bicyclic) bond motifs is 1. The van der Waals surface area contributed by atoms with Gasteiger partial charge in [0.15, 0.2) is 5.52 Å². The molecule has 130 valence electrons. The van der Waals surface area contributed by atoms with Gasteiger partial charge in [-0.3, -0.25) is 9.59 Å². The van der Waals surface area contributed by atoms with E-state index in [4.69, 9.17) is 0 Å². The van der Waals surface area contributed by atoms with Gasteiger partial charge in [0.1, 0.15) is 18.1 Å². The standard InChI is InChI=1S/C17H17FN4O2S/c1-3-8-19-13(23)9-22-17(24)15-16(25-10(2)20-15)14(21-22)11-4-6-12(18)7-5-11/h4-7H,3,8-9H2,1-2H3,(H,19,23). The van der Waals surface area contributed by atoms with Crippen LogP contribution in [0.25, 0.3) is 21.5 Å². The molecule has 0 spiro atoms. The summed E-state index contributed by atoms with van der Waals surface area (Å²) in [5, 5.41) is 7.80. The topological polar surface area (TPSA) is 76.9 Å². The Morgan fingerprint density at radius 2 is 2.04 bits per heavy atom. The van der Waals surface area contributed by atoms with Crippen LogP contribution in [0.1, 0.15) is 18.4 Å². The summed E-state index contributed by atoms with van der Waals surface area (Å²) in [7, 11) is 0. The largest absolute Gasteiger partial charge is 0.355 e. The van der Waals surface area contributed by atoms with Crippen molar-refractivity contribution in [1.82, 2.24) is 20.1 Å². The lowest BCUT2D eigenvalue weighted by Crippen LogP contribution is -2.34. The van der Waals surface area contributed by atoms with Crippen LogP contribution in [0.5, 0.6) is 0 Å². The zero-order chi connectivity index (χ0) is 18.0. The number of aryl methyl sites for hydroxylation is 1. The Bertz CT molecular complexity index is 979. The predicted molar refractivity (Wildman–Crippen MR) is 95.1 cm³/mol. The number of amides is 1. The van der Waals surface area contributed by atoms with Crippen LogP contribution >= 0.6 is 11.3 Å². The van der Waals surface area contributed by atoms with Crippen molar-refractivity contribution in [3.63, 3.8) is 0 Å². The highest BCUT2D eigenvalue weighted by Gasteiger charge is 2.17. The summed E-state index contributed by atoms with van der Waals surface area (Å²) in [5.41, 5.74) is 1.05. The summed E-state index contributed by atoms with van der Waals surface area (Å²) in [6.45, 7) is 4.11. The quantitative estimate of drug-likeness (QED) is 0.758. The maximum Gasteiger partial charge on any atom is 0.294 e. The van der Waals surface area contributed by atoms with E-state index in [9.17, 15) is 14.0 Å². The molecule has 2 aromatic heterocycles. The lowest BCUT2D eigenvalue weighted by Gasteiger charge is -2.09. The molecule has 1 aromatic carbocycles. The average molecular weight is 360 g/mol. The molecule has 1 N–H and O–H groups in total. The SMILES string of the molecule is CCCNC(=O)Cn1nc(-c2ccc(F)cc2)c2sc(C)nc2c1=O. The Morgan fingerprint density at radius 3 is 2.72 bits per heavy atom. The summed E-state index contributed by atoms with van der Waals surface area (Å²) in [6, 6.07) is 5.86. The molecule has 0 unspecified atom stereocenters. The van der Waals surface area contributed by atoms with Crippen molar-refractivity contribution in [2.45, 2.75) is 26.8 Å². The van der Waals surface area contributed by atoms with Gasteiger partial charge in [-0.15, -0.1) is 11.3 Å². The zero-order valence-corrected chi connectivity index (χ0v) is 14.7. The number of carbonyl (C=O) groups is 1. The normalized spacial score (nSPS) is 11.0. The zero-order valence-electron chi connectivity index (χ0n) is 13.9. The lowest BCUT2D eigenvalue weighted by atomic mass is 10.1. The van der Waals surface area contributed by atoms with Crippen molar-refractivity contribution in [3.05, 3.63) is 45.4 Å². The molecule has 3 rings (SSSR count). The van der Waals surface area contributed by atoms with E-state index in [1.54, 1.807) is 19.1 Å². The maximum absolute atomic E-state index is 13.2. The van der Waals surface area contributed by atoms with E-state index >= 15 is 0 Å². The highest BCUT2D eigenvalue weighted by atomic mass is 32.1. The first-order valence-corrected chi connectivity index (χ1v) is 8.72. The minimum absolute atomic E-state index is 0.181. The third-order valence-corrected chi connectivity index (χ3v) is 4.57. The number of rotatable bonds is 5. The van der Waals surface area contributed by atoms with E-state index in [2.05, 4.69) is 15.4 Å². The third kappa shape index (κ3) is 3.58. The summed E-state index contributed by atoms with van der Waals surface area (Å²) in [4.78, 5) is 28.9. The number of thiazole rings is 1. The fourth-order valence-electron chi connectivity index (χ4n) is 2.43. The second kappa shape index (κ2) is 7.10. The van der Waals surface area contributed by atoms with Crippen LogP contribution in [0.2, 0.25) is 0 Å². The monoisotopic (exact) mass is 360 g/mol.